The van der Waals surface area contributed by atoms with Crippen LogP contribution in [0, 0.1) is 0 Å². The van der Waals surface area contributed by atoms with Crippen LogP contribution in [0.4, 0.5) is 0 Å². The van der Waals surface area contributed by atoms with E-state index < -0.39 is 0 Å². The van der Waals surface area contributed by atoms with Crippen LogP contribution < -0.4 is 5.32 Å². The van der Waals surface area contributed by atoms with Gasteiger partial charge in [-0.1, -0.05) is 41.4 Å². The Bertz CT molecular complexity index is 616. The Morgan fingerprint density at radius 1 is 1.25 bits per heavy atom. The Balaban J connectivity index is 1.97. The van der Waals surface area contributed by atoms with Crippen LogP contribution in [-0.4, -0.2) is 16.9 Å². The molecule has 1 aromatic carbocycles. The first-order chi connectivity index (χ1) is 9.54. The van der Waals surface area contributed by atoms with Gasteiger partial charge in [0, 0.05) is 11.1 Å². The third kappa shape index (κ3) is 4.22. The Labute approximate surface area is 127 Å². The molecular weight excluding hydrogens is 295 g/mol. The van der Waals surface area contributed by atoms with Gasteiger partial charge >= 0.3 is 0 Å². The molecule has 0 aliphatic rings. The van der Waals surface area contributed by atoms with E-state index in [0.29, 0.717) is 22.3 Å². The Morgan fingerprint density at radius 3 is 2.70 bits per heavy atom. The first-order valence-corrected chi connectivity index (χ1v) is 6.98. The Morgan fingerprint density at radius 2 is 2.00 bits per heavy atom. The number of amides is 1. The first kappa shape index (κ1) is 14.8. The topological polar surface area (TPSA) is 42.0 Å². The molecule has 104 valence electrons. The molecule has 0 spiro atoms. The highest BCUT2D eigenvalue weighted by atomic mass is 35.5. The van der Waals surface area contributed by atoms with E-state index in [4.69, 9.17) is 23.2 Å². The minimum Gasteiger partial charge on any atom is -0.348 e. The smallest absolute Gasteiger partial charge is 0.270 e. The molecule has 0 fully saturated rings. The van der Waals surface area contributed by atoms with E-state index in [9.17, 15) is 4.79 Å². The molecule has 1 heterocycles. The van der Waals surface area contributed by atoms with Crippen molar-refractivity contribution in [3.63, 3.8) is 0 Å². The second-order valence-electron chi connectivity index (χ2n) is 4.55. The summed E-state index contributed by atoms with van der Waals surface area (Å²) < 4.78 is 0. The molecule has 0 saturated heterocycles. The maximum atomic E-state index is 12.0. The normalized spacial score (nSPS) is 11.9. The maximum Gasteiger partial charge on any atom is 0.270 e. The van der Waals surface area contributed by atoms with Crippen molar-refractivity contribution in [1.82, 2.24) is 10.3 Å². The molecule has 3 nitrogen and oxygen atoms in total. The molecule has 0 saturated carbocycles. The zero-order valence-corrected chi connectivity index (χ0v) is 12.4. The number of hydrogen-bond acceptors (Lipinski definition) is 2. The standard InChI is InChI=1S/C15H14Cl2N2O/c1-10(8-11-4-2-5-12(16)9-11)18-15(20)13-6-3-7-14(17)19-13/h2-7,9-10H,8H2,1H3,(H,18,20). The highest BCUT2D eigenvalue weighted by Crippen LogP contribution is 2.12. The SMILES string of the molecule is CC(Cc1cccc(Cl)c1)NC(=O)c1cccc(Cl)n1. The van der Waals surface area contributed by atoms with E-state index in [1.165, 1.54) is 0 Å². The number of nitrogens with one attached hydrogen (secondary N) is 1. The summed E-state index contributed by atoms with van der Waals surface area (Å²) in [5.74, 6) is -0.234. The lowest BCUT2D eigenvalue weighted by Crippen LogP contribution is -2.34. The van der Waals surface area contributed by atoms with Gasteiger partial charge in [0.1, 0.15) is 10.8 Å². The molecule has 0 radical (unpaired) electrons. The highest BCUT2D eigenvalue weighted by Gasteiger charge is 2.11. The fourth-order valence-electron chi connectivity index (χ4n) is 1.90. The predicted octanol–water partition coefficient (Wildman–Crippen LogP) is 3.75. The number of nitrogens with zero attached hydrogens (tertiary/aromatic N) is 1. The van der Waals surface area contributed by atoms with Gasteiger partial charge in [0.25, 0.3) is 5.91 Å². The lowest BCUT2D eigenvalue weighted by Gasteiger charge is -2.14. The van der Waals surface area contributed by atoms with E-state index >= 15 is 0 Å². The molecule has 1 unspecified atom stereocenters. The molecule has 5 heteroatoms. The van der Waals surface area contributed by atoms with Crippen LogP contribution in [0.25, 0.3) is 0 Å². The number of carbonyl (C=O) groups is 1. The van der Waals surface area contributed by atoms with Crippen LogP contribution in [-0.2, 0) is 6.42 Å². The van der Waals surface area contributed by atoms with E-state index in [-0.39, 0.29) is 11.9 Å². The van der Waals surface area contributed by atoms with Gasteiger partial charge in [0.05, 0.1) is 0 Å². The van der Waals surface area contributed by atoms with Gasteiger partial charge in [0.2, 0.25) is 0 Å². The number of aromatic nitrogens is 1. The number of hydrogen-bond donors (Lipinski definition) is 1. The van der Waals surface area contributed by atoms with E-state index in [1.807, 2.05) is 31.2 Å². The third-order valence-corrected chi connectivity index (χ3v) is 3.20. The molecule has 0 bridgehead atoms. The second-order valence-corrected chi connectivity index (χ2v) is 5.38. The molecule has 2 aromatic rings. The van der Waals surface area contributed by atoms with Crippen LogP contribution in [0.5, 0.6) is 0 Å². The quantitative estimate of drug-likeness (QED) is 0.874. The fourth-order valence-corrected chi connectivity index (χ4v) is 2.28. The van der Waals surface area contributed by atoms with Crippen molar-refractivity contribution in [1.29, 1.82) is 0 Å². The summed E-state index contributed by atoms with van der Waals surface area (Å²) in [5, 5.41) is 3.89. The molecular formula is C15H14Cl2N2O. The van der Waals surface area contributed by atoms with Crippen molar-refractivity contribution >= 4 is 29.1 Å². The maximum absolute atomic E-state index is 12.0. The van der Waals surface area contributed by atoms with Gasteiger partial charge in [-0.3, -0.25) is 4.79 Å². The zero-order chi connectivity index (χ0) is 14.5. The number of carbonyl (C=O) groups excluding carboxylic acids is 1. The number of halogens is 2. The molecule has 1 N–H and O–H groups in total. The van der Waals surface area contributed by atoms with Gasteiger partial charge < -0.3 is 5.32 Å². The van der Waals surface area contributed by atoms with Crippen molar-refractivity contribution < 1.29 is 4.79 Å². The molecule has 20 heavy (non-hydrogen) atoms. The molecule has 0 aliphatic carbocycles. The van der Waals surface area contributed by atoms with Crippen LogP contribution in [0.3, 0.4) is 0 Å². The van der Waals surface area contributed by atoms with Crippen molar-refractivity contribution in [2.45, 2.75) is 19.4 Å². The fraction of sp³-hybridized carbons (Fsp3) is 0.200. The van der Waals surface area contributed by atoms with Crippen molar-refractivity contribution in [2.75, 3.05) is 0 Å². The minimum atomic E-state index is -0.234. The van der Waals surface area contributed by atoms with Gasteiger partial charge in [-0.2, -0.15) is 0 Å². The summed E-state index contributed by atoms with van der Waals surface area (Å²) >= 11 is 11.7. The van der Waals surface area contributed by atoms with Gasteiger partial charge in [0.15, 0.2) is 0 Å². The van der Waals surface area contributed by atoms with Gasteiger partial charge in [-0.05, 0) is 43.2 Å². The second kappa shape index (κ2) is 6.73. The summed E-state index contributed by atoms with van der Waals surface area (Å²) in [7, 11) is 0. The predicted molar refractivity (Wildman–Crippen MR) is 81.3 cm³/mol. The molecule has 2 rings (SSSR count). The molecule has 1 amide bonds. The van der Waals surface area contributed by atoms with Crippen LogP contribution in [0.1, 0.15) is 23.0 Å². The van der Waals surface area contributed by atoms with E-state index in [2.05, 4.69) is 10.3 Å². The lowest BCUT2D eigenvalue weighted by molar-refractivity contribution is 0.0935. The summed E-state index contributed by atoms with van der Waals surface area (Å²) in [6.45, 7) is 1.93. The van der Waals surface area contributed by atoms with Gasteiger partial charge in [-0.25, -0.2) is 4.98 Å². The number of benzene rings is 1. The number of rotatable bonds is 4. The summed E-state index contributed by atoms with van der Waals surface area (Å²) in [6.07, 6.45) is 0.701. The van der Waals surface area contributed by atoms with Crippen LogP contribution in [0.15, 0.2) is 42.5 Å². The Kier molecular flexibility index (Phi) is 4.99. The summed E-state index contributed by atoms with van der Waals surface area (Å²) in [4.78, 5) is 16.0. The monoisotopic (exact) mass is 308 g/mol. The third-order valence-electron chi connectivity index (χ3n) is 2.76. The van der Waals surface area contributed by atoms with Crippen LogP contribution in [0.2, 0.25) is 10.2 Å². The molecule has 1 aromatic heterocycles. The van der Waals surface area contributed by atoms with Crippen molar-refractivity contribution in [2.24, 2.45) is 0 Å². The average molecular weight is 309 g/mol. The largest absolute Gasteiger partial charge is 0.348 e. The summed E-state index contributed by atoms with van der Waals surface area (Å²) in [5.41, 5.74) is 1.39. The first-order valence-electron chi connectivity index (χ1n) is 6.22. The van der Waals surface area contributed by atoms with E-state index in [1.54, 1.807) is 18.2 Å². The summed E-state index contributed by atoms with van der Waals surface area (Å²) in [6, 6.07) is 12.5. The Hall–Kier alpha value is -1.58. The molecule has 1 atom stereocenters. The number of pyridine rings is 1. The van der Waals surface area contributed by atoms with Crippen LogP contribution >= 0.6 is 23.2 Å². The van der Waals surface area contributed by atoms with Crippen molar-refractivity contribution in [3.8, 4) is 0 Å². The average Bonchev–Trinajstić information content (AvgIpc) is 2.38. The lowest BCUT2D eigenvalue weighted by atomic mass is 10.1. The minimum absolute atomic E-state index is 0.0262. The zero-order valence-electron chi connectivity index (χ0n) is 10.9. The van der Waals surface area contributed by atoms with Crippen molar-refractivity contribution in [3.05, 3.63) is 63.9 Å². The molecule has 0 aliphatic heterocycles. The van der Waals surface area contributed by atoms with Gasteiger partial charge in [-0.15, -0.1) is 0 Å². The highest BCUT2D eigenvalue weighted by molar-refractivity contribution is 6.30. The van der Waals surface area contributed by atoms with E-state index in [0.717, 1.165) is 5.56 Å².